The van der Waals surface area contributed by atoms with E-state index in [9.17, 15) is 5.11 Å². The Bertz CT molecular complexity index is 745. The minimum absolute atomic E-state index is 0.138. The van der Waals surface area contributed by atoms with Crippen molar-refractivity contribution in [2.45, 2.75) is 40.0 Å². The molecule has 1 aromatic rings. The molecular formula is C21H26N2O. The van der Waals surface area contributed by atoms with Crippen LogP contribution in [0.5, 0.6) is 5.75 Å². The van der Waals surface area contributed by atoms with Crippen molar-refractivity contribution in [1.82, 2.24) is 0 Å². The summed E-state index contributed by atoms with van der Waals surface area (Å²) < 4.78 is 0. The zero-order chi connectivity index (χ0) is 17.5. The first-order valence-corrected chi connectivity index (χ1v) is 8.54. The van der Waals surface area contributed by atoms with Gasteiger partial charge >= 0.3 is 0 Å². The van der Waals surface area contributed by atoms with Gasteiger partial charge in [0.05, 0.1) is 5.71 Å². The Morgan fingerprint density at radius 3 is 2.79 bits per heavy atom. The van der Waals surface area contributed by atoms with Gasteiger partial charge in [-0.25, -0.2) is 0 Å². The van der Waals surface area contributed by atoms with E-state index in [-0.39, 0.29) is 11.7 Å². The number of aliphatic imine (C=N–C) groups is 1. The lowest BCUT2D eigenvalue weighted by Crippen LogP contribution is -2.13. The van der Waals surface area contributed by atoms with Gasteiger partial charge in [0.15, 0.2) is 0 Å². The lowest BCUT2D eigenvalue weighted by Gasteiger charge is -2.15. The van der Waals surface area contributed by atoms with Gasteiger partial charge in [-0.1, -0.05) is 37.3 Å². The average molecular weight is 322 g/mol. The van der Waals surface area contributed by atoms with E-state index in [1.807, 2.05) is 18.3 Å². The van der Waals surface area contributed by atoms with E-state index < -0.39 is 0 Å². The van der Waals surface area contributed by atoms with Crippen LogP contribution in [0.4, 0.5) is 0 Å². The summed E-state index contributed by atoms with van der Waals surface area (Å²) in [5, 5.41) is 10.5. The maximum Gasteiger partial charge on any atom is 0.125 e. The van der Waals surface area contributed by atoms with Crippen molar-refractivity contribution in [1.29, 1.82) is 0 Å². The van der Waals surface area contributed by atoms with E-state index in [1.165, 1.54) is 5.57 Å². The molecule has 0 spiro atoms. The molecule has 2 rings (SSSR count). The number of nitrogens with two attached hydrogens (primary N) is 1. The molecule has 3 heteroatoms. The standard InChI is InChI=1S/C21H26N2O/c1-4-5-6-7-17-8-9-19(20(24)13-17)21-16(3)15(2)12-18(10-11-22)14-23-21/h8-9,12-14,16,24H,4-5,10-11,22H2,1-3H3. The maximum absolute atomic E-state index is 10.5. The highest BCUT2D eigenvalue weighted by molar-refractivity contribution is 6.06. The van der Waals surface area contributed by atoms with Gasteiger partial charge in [-0.15, -0.1) is 0 Å². The van der Waals surface area contributed by atoms with E-state index in [4.69, 9.17) is 5.73 Å². The van der Waals surface area contributed by atoms with Crippen molar-refractivity contribution >= 4 is 5.71 Å². The van der Waals surface area contributed by atoms with Gasteiger partial charge in [-0.2, -0.15) is 0 Å². The first kappa shape index (κ1) is 18.0. The van der Waals surface area contributed by atoms with Gasteiger partial charge in [0.1, 0.15) is 5.75 Å². The van der Waals surface area contributed by atoms with Crippen LogP contribution in [0.1, 0.15) is 51.2 Å². The summed E-state index contributed by atoms with van der Waals surface area (Å²) in [4.78, 5) is 4.64. The number of benzene rings is 1. The number of nitrogens with zero attached hydrogens (tertiary/aromatic N) is 1. The van der Waals surface area contributed by atoms with Crippen molar-refractivity contribution in [2.75, 3.05) is 6.54 Å². The minimum atomic E-state index is 0.138. The van der Waals surface area contributed by atoms with Gasteiger partial charge in [0.2, 0.25) is 0 Å². The smallest absolute Gasteiger partial charge is 0.125 e. The zero-order valence-corrected chi connectivity index (χ0v) is 14.8. The number of hydrogen-bond acceptors (Lipinski definition) is 3. The van der Waals surface area contributed by atoms with Crippen LogP contribution in [0.2, 0.25) is 0 Å². The lowest BCUT2D eigenvalue weighted by molar-refractivity contribution is 0.473. The topological polar surface area (TPSA) is 58.6 Å². The first-order chi connectivity index (χ1) is 11.6. The zero-order valence-electron chi connectivity index (χ0n) is 14.8. The number of phenols is 1. The quantitative estimate of drug-likeness (QED) is 0.818. The number of hydrogen-bond donors (Lipinski definition) is 2. The van der Waals surface area contributed by atoms with Gasteiger partial charge in [0.25, 0.3) is 0 Å². The molecule has 1 aliphatic rings. The van der Waals surface area contributed by atoms with E-state index in [1.54, 1.807) is 6.07 Å². The molecular weight excluding hydrogens is 296 g/mol. The number of rotatable bonds is 4. The lowest BCUT2D eigenvalue weighted by atomic mass is 9.90. The van der Waals surface area contributed by atoms with Gasteiger partial charge in [-0.3, -0.25) is 4.99 Å². The predicted octanol–water partition coefficient (Wildman–Crippen LogP) is 4.16. The van der Waals surface area contributed by atoms with E-state index >= 15 is 0 Å². The van der Waals surface area contributed by atoms with Crippen molar-refractivity contribution < 1.29 is 5.11 Å². The van der Waals surface area contributed by atoms with Crippen molar-refractivity contribution in [3.05, 3.63) is 52.7 Å². The Hall–Kier alpha value is -2.31. The van der Waals surface area contributed by atoms with Gasteiger partial charge in [-0.05, 0) is 50.1 Å². The summed E-state index contributed by atoms with van der Waals surface area (Å²) in [5.74, 6) is 6.55. The number of unbranched alkanes of at least 4 members (excludes halogenated alkanes) is 1. The maximum atomic E-state index is 10.5. The molecule has 0 bridgehead atoms. The highest BCUT2D eigenvalue weighted by Crippen LogP contribution is 2.28. The van der Waals surface area contributed by atoms with Crippen LogP contribution >= 0.6 is 0 Å². The van der Waals surface area contributed by atoms with Crippen LogP contribution in [0.25, 0.3) is 0 Å². The Labute approximate surface area is 145 Å². The minimum Gasteiger partial charge on any atom is -0.507 e. The molecule has 0 saturated carbocycles. The molecule has 24 heavy (non-hydrogen) atoms. The molecule has 0 amide bonds. The summed E-state index contributed by atoms with van der Waals surface area (Å²) in [6.45, 7) is 6.91. The second-order valence-corrected chi connectivity index (χ2v) is 6.15. The second-order valence-electron chi connectivity index (χ2n) is 6.15. The molecule has 3 nitrogen and oxygen atoms in total. The van der Waals surface area contributed by atoms with E-state index in [2.05, 4.69) is 43.7 Å². The molecule has 0 aromatic heterocycles. The van der Waals surface area contributed by atoms with Crippen molar-refractivity contribution in [3.63, 3.8) is 0 Å². The monoisotopic (exact) mass is 322 g/mol. The SMILES string of the molecule is CCCC#Cc1ccc(C2=NC=C(CCN)C=C(C)C2C)c(O)c1. The van der Waals surface area contributed by atoms with E-state index in [0.29, 0.717) is 6.54 Å². The molecule has 1 aromatic carbocycles. The number of phenolic OH excluding ortho intramolecular Hbond substituents is 1. The second kappa shape index (κ2) is 8.52. The Morgan fingerprint density at radius 1 is 1.33 bits per heavy atom. The highest BCUT2D eigenvalue weighted by Gasteiger charge is 2.19. The molecule has 1 unspecified atom stereocenters. The third kappa shape index (κ3) is 4.37. The summed E-state index contributed by atoms with van der Waals surface area (Å²) in [7, 11) is 0. The largest absolute Gasteiger partial charge is 0.507 e. The molecule has 0 fully saturated rings. The highest BCUT2D eigenvalue weighted by atomic mass is 16.3. The molecule has 1 heterocycles. The van der Waals surface area contributed by atoms with Crippen LogP contribution in [0.3, 0.4) is 0 Å². The molecule has 0 radical (unpaired) electrons. The average Bonchev–Trinajstić information content (AvgIpc) is 2.69. The van der Waals surface area contributed by atoms with Crippen LogP contribution in [0, 0.1) is 17.8 Å². The third-order valence-electron chi connectivity index (χ3n) is 4.19. The molecule has 1 aliphatic heterocycles. The fourth-order valence-electron chi connectivity index (χ4n) is 2.66. The Morgan fingerprint density at radius 2 is 2.12 bits per heavy atom. The normalized spacial score (nSPS) is 17.2. The molecule has 0 saturated heterocycles. The van der Waals surface area contributed by atoms with E-state index in [0.717, 1.165) is 41.7 Å². The first-order valence-electron chi connectivity index (χ1n) is 8.54. The van der Waals surface area contributed by atoms with Crippen molar-refractivity contribution in [2.24, 2.45) is 16.6 Å². The summed E-state index contributed by atoms with van der Waals surface area (Å²) in [6.07, 6.45) is 6.72. The van der Waals surface area contributed by atoms with Crippen LogP contribution < -0.4 is 5.73 Å². The predicted molar refractivity (Wildman–Crippen MR) is 101 cm³/mol. The Kier molecular flexibility index (Phi) is 6.40. The van der Waals surface area contributed by atoms with Crippen LogP contribution in [-0.2, 0) is 0 Å². The summed E-state index contributed by atoms with van der Waals surface area (Å²) in [5.41, 5.74) is 10.5. The van der Waals surface area contributed by atoms with Crippen molar-refractivity contribution in [3.8, 4) is 17.6 Å². The van der Waals surface area contributed by atoms with Gasteiger partial charge < -0.3 is 10.8 Å². The fourth-order valence-corrected chi connectivity index (χ4v) is 2.66. The third-order valence-corrected chi connectivity index (χ3v) is 4.19. The number of aromatic hydroxyl groups is 1. The van der Waals surface area contributed by atoms with Crippen LogP contribution in [0.15, 0.2) is 46.6 Å². The molecule has 3 N–H and O–H groups in total. The van der Waals surface area contributed by atoms with Crippen LogP contribution in [-0.4, -0.2) is 17.4 Å². The summed E-state index contributed by atoms with van der Waals surface area (Å²) >= 11 is 0. The Balaban J connectivity index is 2.37. The van der Waals surface area contributed by atoms with Gasteiger partial charge in [0, 0.05) is 29.7 Å². The fraction of sp³-hybridized carbons (Fsp3) is 0.381. The summed E-state index contributed by atoms with van der Waals surface area (Å²) in [6, 6.07) is 5.58. The molecule has 1 atom stereocenters. The molecule has 126 valence electrons. The number of allylic oxidation sites excluding steroid dienone is 2. The molecule has 0 aliphatic carbocycles.